The first-order chi connectivity index (χ1) is 8.13. The fourth-order valence-corrected chi connectivity index (χ4v) is 1.29. The Balaban J connectivity index is 0.00000289. The first-order valence-electron chi connectivity index (χ1n) is 5.92. The number of benzene rings is 1. The summed E-state index contributed by atoms with van der Waals surface area (Å²) in [4.78, 5) is 0. The molecule has 104 valence electrons. The maximum absolute atomic E-state index is 13.2. The van der Waals surface area contributed by atoms with Gasteiger partial charge in [-0.1, -0.05) is 19.1 Å². The highest BCUT2D eigenvalue weighted by atomic mass is 35.5. The first-order valence-corrected chi connectivity index (χ1v) is 5.92. The van der Waals surface area contributed by atoms with Crippen LogP contribution in [-0.4, -0.2) is 30.4 Å². The van der Waals surface area contributed by atoms with Gasteiger partial charge in [-0.2, -0.15) is 0 Å². The molecule has 0 saturated heterocycles. The maximum Gasteiger partial charge on any atom is 0.165 e. The molecule has 2 N–H and O–H groups in total. The monoisotopic (exact) mass is 277 g/mol. The van der Waals surface area contributed by atoms with Gasteiger partial charge in [-0.15, -0.1) is 12.4 Å². The van der Waals surface area contributed by atoms with E-state index in [9.17, 15) is 9.50 Å². The van der Waals surface area contributed by atoms with E-state index in [2.05, 4.69) is 12.2 Å². The minimum Gasteiger partial charge on any atom is -0.488 e. The van der Waals surface area contributed by atoms with Crippen LogP contribution in [0, 0.1) is 5.82 Å². The van der Waals surface area contributed by atoms with Crippen LogP contribution in [0.5, 0.6) is 5.75 Å². The summed E-state index contributed by atoms with van der Waals surface area (Å²) in [5, 5.41) is 12.8. The molecule has 0 aliphatic heterocycles. The predicted octanol–water partition coefficient (Wildman–Crippen LogP) is 2.38. The van der Waals surface area contributed by atoms with Crippen molar-refractivity contribution in [3.63, 3.8) is 0 Å². The van der Waals surface area contributed by atoms with E-state index in [0.717, 1.165) is 6.42 Å². The molecule has 0 aromatic heterocycles. The molecule has 1 rings (SSSR count). The highest BCUT2D eigenvalue weighted by molar-refractivity contribution is 5.85. The molecular formula is C13H21ClFNO2. The molecule has 3 nitrogen and oxygen atoms in total. The Morgan fingerprint density at radius 1 is 1.39 bits per heavy atom. The Kier molecular flexibility index (Phi) is 8.71. The SMILES string of the molecule is CCC(C)NCC(O)COc1ccccc1F.Cl. The Morgan fingerprint density at radius 3 is 2.67 bits per heavy atom. The highest BCUT2D eigenvalue weighted by Gasteiger charge is 2.08. The van der Waals surface area contributed by atoms with Gasteiger partial charge in [-0.05, 0) is 25.5 Å². The zero-order valence-electron chi connectivity index (χ0n) is 10.7. The molecule has 0 fully saturated rings. The first kappa shape index (κ1) is 17.2. The van der Waals surface area contributed by atoms with Crippen molar-refractivity contribution in [2.45, 2.75) is 32.4 Å². The average molecular weight is 278 g/mol. The second-order valence-electron chi connectivity index (χ2n) is 4.11. The molecule has 0 amide bonds. The molecular weight excluding hydrogens is 257 g/mol. The number of para-hydroxylation sites is 1. The van der Waals surface area contributed by atoms with Crippen LogP contribution in [0.4, 0.5) is 4.39 Å². The van der Waals surface area contributed by atoms with Crippen LogP contribution in [-0.2, 0) is 0 Å². The number of halogens is 2. The zero-order chi connectivity index (χ0) is 12.7. The van der Waals surface area contributed by atoms with Crippen molar-refractivity contribution >= 4 is 12.4 Å². The van der Waals surface area contributed by atoms with E-state index in [0.29, 0.717) is 12.6 Å². The van der Waals surface area contributed by atoms with Crippen molar-refractivity contribution in [2.75, 3.05) is 13.2 Å². The van der Waals surface area contributed by atoms with Crippen LogP contribution in [0.25, 0.3) is 0 Å². The van der Waals surface area contributed by atoms with Gasteiger partial charge in [0.15, 0.2) is 11.6 Å². The molecule has 2 atom stereocenters. The van der Waals surface area contributed by atoms with Crippen LogP contribution < -0.4 is 10.1 Å². The number of hydrogen-bond acceptors (Lipinski definition) is 3. The molecule has 5 heteroatoms. The van der Waals surface area contributed by atoms with Gasteiger partial charge in [0, 0.05) is 12.6 Å². The van der Waals surface area contributed by atoms with Crippen molar-refractivity contribution in [2.24, 2.45) is 0 Å². The van der Waals surface area contributed by atoms with Crippen molar-refractivity contribution in [1.82, 2.24) is 5.32 Å². The number of nitrogens with one attached hydrogen (secondary N) is 1. The fraction of sp³-hybridized carbons (Fsp3) is 0.538. The lowest BCUT2D eigenvalue weighted by atomic mass is 10.2. The van der Waals surface area contributed by atoms with Gasteiger partial charge in [0.1, 0.15) is 12.7 Å². The maximum atomic E-state index is 13.2. The molecule has 2 unspecified atom stereocenters. The lowest BCUT2D eigenvalue weighted by Gasteiger charge is -2.16. The molecule has 1 aromatic rings. The Hall–Kier alpha value is -0.840. The Morgan fingerprint density at radius 2 is 2.06 bits per heavy atom. The van der Waals surface area contributed by atoms with Gasteiger partial charge >= 0.3 is 0 Å². The summed E-state index contributed by atoms with van der Waals surface area (Å²) >= 11 is 0. The van der Waals surface area contributed by atoms with E-state index in [1.165, 1.54) is 6.07 Å². The summed E-state index contributed by atoms with van der Waals surface area (Å²) in [6.45, 7) is 4.65. The summed E-state index contributed by atoms with van der Waals surface area (Å²) in [6.07, 6.45) is 0.365. The molecule has 0 aliphatic carbocycles. The smallest absolute Gasteiger partial charge is 0.165 e. The van der Waals surface area contributed by atoms with Crippen molar-refractivity contribution in [3.05, 3.63) is 30.1 Å². The molecule has 0 bridgehead atoms. The quantitative estimate of drug-likeness (QED) is 0.804. The molecule has 0 spiro atoms. The third-order valence-electron chi connectivity index (χ3n) is 2.58. The zero-order valence-corrected chi connectivity index (χ0v) is 11.5. The number of hydrogen-bond donors (Lipinski definition) is 2. The molecule has 0 saturated carbocycles. The van der Waals surface area contributed by atoms with E-state index in [-0.39, 0.29) is 24.8 Å². The largest absolute Gasteiger partial charge is 0.488 e. The van der Waals surface area contributed by atoms with Crippen molar-refractivity contribution in [3.8, 4) is 5.75 Å². The third-order valence-corrected chi connectivity index (χ3v) is 2.58. The van der Waals surface area contributed by atoms with Crippen molar-refractivity contribution in [1.29, 1.82) is 0 Å². The number of ether oxygens (including phenoxy) is 1. The Labute approximate surface area is 114 Å². The van der Waals surface area contributed by atoms with Gasteiger partial charge < -0.3 is 15.2 Å². The summed E-state index contributed by atoms with van der Waals surface area (Å²) in [7, 11) is 0. The molecule has 0 aliphatic rings. The number of aliphatic hydroxyl groups is 1. The minimum absolute atomic E-state index is 0. The highest BCUT2D eigenvalue weighted by Crippen LogP contribution is 2.15. The van der Waals surface area contributed by atoms with E-state index >= 15 is 0 Å². The lowest BCUT2D eigenvalue weighted by Crippen LogP contribution is -2.36. The second kappa shape index (κ2) is 9.14. The van der Waals surface area contributed by atoms with E-state index in [4.69, 9.17) is 4.74 Å². The van der Waals surface area contributed by atoms with Gasteiger partial charge in [0.05, 0.1) is 0 Å². The van der Waals surface area contributed by atoms with E-state index in [1.54, 1.807) is 18.2 Å². The van der Waals surface area contributed by atoms with Crippen LogP contribution in [0.2, 0.25) is 0 Å². The predicted molar refractivity (Wildman–Crippen MR) is 72.9 cm³/mol. The normalized spacial score (nSPS) is 13.6. The van der Waals surface area contributed by atoms with E-state index < -0.39 is 11.9 Å². The standard InChI is InChI=1S/C13H20FNO2.ClH/c1-3-10(2)15-8-11(16)9-17-13-7-5-4-6-12(13)14;/h4-7,10-11,15-16H,3,8-9H2,1-2H3;1H. The Bertz CT molecular complexity index is 339. The van der Waals surface area contributed by atoms with Gasteiger partial charge in [-0.3, -0.25) is 0 Å². The third kappa shape index (κ3) is 6.19. The van der Waals surface area contributed by atoms with Gasteiger partial charge in [0.2, 0.25) is 0 Å². The molecule has 0 radical (unpaired) electrons. The van der Waals surface area contributed by atoms with Crippen LogP contribution in [0.3, 0.4) is 0 Å². The molecule has 0 heterocycles. The lowest BCUT2D eigenvalue weighted by molar-refractivity contribution is 0.102. The van der Waals surface area contributed by atoms with Gasteiger partial charge in [0.25, 0.3) is 0 Å². The van der Waals surface area contributed by atoms with Crippen LogP contribution in [0.15, 0.2) is 24.3 Å². The average Bonchev–Trinajstić information content (AvgIpc) is 2.35. The van der Waals surface area contributed by atoms with Crippen LogP contribution in [0.1, 0.15) is 20.3 Å². The number of rotatable bonds is 7. The second-order valence-corrected chi connectivity index (χ2v) is 4.11. The summed E-state index contributed by atoms with van der Waals surface area (Å²) in [5.74, 6) is -0.232. The van der Waals surface area contributed by atoms with Crippen LogP contribution >= 0.6 is 12.4 Å². The summed E-state index contributed by atoms with van der Waals surface area (Å²) < 4.78 is 18.4. The summed E-state index contributed by atoms with van der Waals surface area (Å²) in [5.41, 5.74) is 0. The molecule has 18 heavy (non-hydrogen) atoms. The van der Waals surface area contributed by atoms with Crippen molar-refractivity contribution < 1.29 is 14.2 Å². The topological polar surface area (TPSA) is 41.5 Å². The fourth-order valence-electron chi connectivity index (χ4n) is 1.29. The van der Waals surface area contributed by atoms with Gasteiger partial charge in [-0.25, -0.2) is 4.39 Å². The minimum atomic E-state index is -0.636. The molecule has 1 aromatic carbocycles. The number of aliphatic hydroxyl groups excluding tert-OH is 1. The summed E-state index contributed by atoms with van der Waals surface area (Å²) in [6, 6.07) is 6.53. The van der Waals surface area contributed by atoms with E-state index in [1.807, 2.05) is 6.92 Å².